The monoisotopic (exact) mass is 454 g/mol. The normalized spacial score (nSPS) is 10.9. The molecule has 4 rings (SSSR count). The molecule has 0 atom stereocenters. The van der Waals surface area contributed by atoms with Crippen molar-refractivity contribution in [1.82, 2.24) is 9.78 Å². The molecule has 34 heavy (non-hydrogen) atoms. The van der Waals surface area contributed by atoms with Gasteiger partial charge in [0.05, 0.1) is 33.6 Å². The first-order valence-electron chi connectivity index (χ1n) is 10.8. The van der Waals surface area contributed by atoms with Crippen molar-refractivity contribution in [2.24, 2.45) is 0 Å². The molecule has 1 aromatic heterocycles. The summed E-state index contributed by atoms with van der Waals surface area (Å²) in [5.74, 6) is 2.30. The molecule has 172 valence electrons. The number of allylic oxidation sites excluding steroid dienone is 1. The third kappa shape index (κ3) is 5.18. The summed E-state index contributed by atoms with van der Waals surface area (Å²) in [6.07, 6.45) is 3.87. The van der Waals surface area contributed by atoms with E-state index >= 15 is 0 Å². The van der Waals surface area contributed by atoms with Crippen molar-refractivity contribution in [2.45, 2.75) is 6.54 Å². The van der Waals surface area contributed by atoms with Crippen LogP contribution in [0.4, 0.5) is 0 Å². The van der Waals surface area contributed by atoms with Crippen LogP contribution in [0, 0.1) is 0 Å². The summed E-state index contributed by atoms with van der Waals surface area (Å²) < 4.78 is 17.2. The highest BCUT2D eigenvalue weighted by molar-refractivity contribution is 5.80. The Morgan fingerprint density at radius 1 is 0.735 bits per heavy atom. The predicted octanol–water partition coefficient (Wildman–Crippen LogP) is 5.32. The molecule has 0 saturated heterocycles. The Kier molecular flexibility index (Phi) is 7.08. The van der Waals surface area contributed by atoms with Gasteiger partial charge in [0.15, 0.2) is 0 Å². The Balaban J connectivity index is 1.71. The molecule has 0 amide bonds. The second-order valence-corrected chi connectivity index (χ2v) is 7.56. The Morgan fingerprint density at radius 3 is 1.76 bits per heavy atom. The van der Waals surface area contributed by atoms with E-state index in [0.717, 1.165) is 39.5 Å². The van der Waals surface area contributed by atoms with Crippen molar-refractivity contribution in [3.05, 3.63) is 101 Å². The lowest BCUT2D eigenvalue weighted by molar-refractivity contribution is 0.414. The number of methoxy groups -OCH3 is 3. The summed E-state index contributed by atoms with van der Waals surface area (Å²) in [5, 5.41) is 4.74. The van der Waals surface area contributed by atoms with Crippen LogP contribution in [0.1, 0.15) is 5.56 Å². The van der Waals surface area contributed by atoms with E-state index in [0.29, 0.717) is 12.2 Å². The fourth-order valence-corrected chi connectivity index (χ4v) is 3.58. The van der Waals surface area contributed by atoms with Crippen molar-refractivity contribution < 1.29 is 14.2 Å². The van der Waals surface area contributed by atoms with Crippen molar-refractivity contribution >= 4 is 6.08 Å². The van der Waals surface area contributed by atoms with Gasteiger partial charge in [-0.25, -0.2) is 4.68 Å². The van der Waals surface area contributed by atoms with Gasteiger partial charge in [0.25, 0.3) is 5.56 Å². The third-order valence-electron chi connectivity index (χ3n) is 5.47. The Bertz CT molecular complexity index is 1320. The van der Waals surface area contributed by atoms with E-state index in [1.807, 2.05) is 84.9 Å². The lowest BCUT2D eigenvalue weighted by atomic mass is 10.00. The fourth-order valence-electron chi connectivity index (χ4n) is 3.58. The SMILES string of the molecule is COc1ccc(/C=C/Cn2nc(-c3ccc(OC)cc3)c(-c3ccc(OC)cc3)cc2=O)cc1. The van der Waals surface area contributed by atoms with Crippen molar-refractivity contribution in [3.63, 3.8) is 0 Å². The molecular formula is C28H26N2O4. The second-order valence-electron chi connectivity index (χ2n) is 7.56. The summed E-state index contributed by atoms with van der Waals surface area (Å²) in [6.45, 7) is 0.344. The van der Waals surface area contributed by atoms with Crippen molar-refractivity contribution in [2.75, 3.05) is 21.3 Å². The van der Waals surface area contributed by atoms with E-state index in [2.05, 4.69) is 0 Å². The highest BCUT2D eigenvalue weighted by Crippen LogP contribution is 2.31. The Hall–Kier alpha value is -4.32. The molecule has 0 unspecified atom stereocenters. The maximum absolute atomic E-state index is 13.0. The predicted molar refractivity (Wildman–Crippen MR) is 135 cm³/mol. The molecule has 0 N–H and O–H groups in total. The highest BCUT2D eigenvalue weighted by Gasteiger charge is 2.13. The van der Waals surface area contributed by atoms with Crippen LogP contribution in [-0.4, -0.2) is 31.1 Å². The third-order valence-corrected chi connectivity index (χ3v) is 5.47. The number of rotatable bonds is 8. The van der Waals surface area contributed by atoms with Gasteiger partial charge in [-0.1, -0.05) is 36.4 Å². The first-order valence-corrected chi connectivity index (χ1v) is 10.8. The average molecular weight is 455 g/mol. The van der Waals surface area contributed by atoms with Gasteiger partial charge in [-0.15, -0.1) is 0 Å². The summed E-state index contributed by atoms with van der Waals surface area (Å²) in [5.41, 5.74) is 4.08. The number of ether oxygens (including phenoxy) is 3. The summed E-state index contributed by atoms with van der Waals surface area (Å²) in [6, 6.07) is 24.6. The van der Waals surface area contributed by atoms with Crippen LogP contribution < -0.4 is 19.8 Å². The van der Waals surface area contributed by atoms with Crippen LogP contribution in [0.5, 0.6) is 17.2 Å². The first kappa shape index (κ1) is 22.9. The summed E-state index contributed by atoms with van der Waals surface area (Å²) >= 11 is 0. The fraction of sp³-hybridized carbons (Fsp3) is 0.143. The van der Waals surface area contributed by atoms with E-state index in [1.54, 1.807) is 27.4 Å². The quantitative estimate of drug-likeness (QED) is 0.361. The molecule has 1 heterocycles. The molecule has 0 saturated carbocycles. The maximum Gasteiger partial charge on any atom is 0.267 e. The lowest BCUT2D eigenvalue weighted by Gasteiger charge is -2.13. The molecule has 4 aromatic rings. The van der Waals surface area contributed by atoms with Gasteiger partial charge in [-0.2, -0.15) is 5.10 Å². The molecule has 0 aliphatic rings. The zero-order valence-corrected chi connectivity index (χ0v) is 19.4. The lowest BCUT2D eigenvalue weighted by Crippen LogP contribution is -2.22. The standard InChI is InChI=1S/C28H26N2O4/c1-32-23-12-6-20(7-13-23)5-4-18-30-27(31)19-26(21-8-14-24(33-2)15-9-21)28(29-30)22-10-16-25(34-3)17-11-22/h4-17,19H,18H2,1-3H3/b5-4+. The van der Waals surface area contributed by atoms with E-state index in [1.165, 1.54) is 4.68 Å². The van der Waals surface area contributed by atoms with E-state index in [9.17, 15) is 4.79 Å². The molecule has 3 aromatic carbocycles. The highest BCUT2D eigenvalue weighted by atomic mass is 16.5. The molecule has 0 bridgehead atoms. The van der Waals surface area contributed by atoms with Gasteiger partial charge in [0.2, 0.25) is 0 Å². The van der Waals surface area contributed by atoms with Crippen LogP contribution in [-0.2, 0) is 6.54 Å². The van der Waals surface area contributed by atoms with Crippen molar-refractivity contribution in [3.8, 4) is 39.6 Å². The topological polar surface area (TPSA) is 62.6 Å². The summed E-state index contributed by atoms with van der Waals surface area (Å²) in [7, 11) is 4.89. The maximum atomic E-state index is 13.0. The summed E-state index contributed by atoms with van der Waals surface area (Å²) in [4.78, 5) is 13.0. The van der Waals surface area contributed by atoms with Crippen molar-refractivity contribution in [1.29, 1.82) is 0 Å². The molecule has 0 fully saturated rings. The number of aromatic nitrogens is 2. The molecule has 6 nitrogen and oxygen atoms in total. The van der Waals surface area contributed by atoms with Crippen LogP contribution in [0.15, 0.2) is 89.7 Å². The zero-order chi connectivity index (χ0) is 23.9. The Labute approximate surface area is 198 Å². The van der Waals surface area contributed by atoms with Crippen LogP contribution >= 0.6 is 0 Å². The number of hydrogen-bond acceptors (Lipinski definition) is 5. The molecule has 6 heteroatoms. The van der Waals surface area contributed by atoms with Gasteiger partial charge in [-0.05, 0) is 59.7 Å². The molecule has 0 aliphatic carbocycles. The van der Waals surface area contributed by atoms with E-state index in [4.69, 9.17) is 19.3 Å². The minimum absolute atomic E-state index is 0.178. The van der Waals surface area contributed by atoms with Crippen LogP contribution in [0.2, 0.25) is 0 Å². The molecule has 0 radical (unpaired) electrons. The minimum atomic E-state index is -0.178. The van der Waals surface area contributed by atoms with Gasteiger partial charge in [0.1, 0.15) is 17.2 Å². The van der Waals surface area contributed by atoms with Crippen LogP contribution in [0.25, 0.3) is 28.5 Å². The average Bonchev–Trinajstić information content (AvgIpc) is 2.90. The molecule has 0 aliphatic heterocycles. The minimum Gasteiger partial charge on any atom is -0.497 e. The zero-order valence-electron chi connectivity index (χ0n) is 19.4. The smallest absolute Gasteiger partial charge is 0.267 e. The van der Waals surface area contributed by atoms with Gasteiger partial charge in [-0.3, -0.25) is 4.79 Å². The number of nitrogens with zero attached hydrogens (tertiary/aromatic N) is 2. The number of benzene rings is 3. The van der Waals surface area contributed by atoms with Crippen LogP contribution in [0.3, 0.4) is 0 Å². The largest absolute Gasteiger partial charge is 0.497 e. The van der Waals surface area contributed by atoms with Gasteiger partial charge >= 0.3 is 0 Å². The van der Waals surface area contributed by atoms with E-state index in [-0.39, 0.29) is 5.56 Å². The van der Waals surface area contributed by atoms with Gasteiger partial charge < -0.3 is 14.2 Å². The Morgan fingerprint density at radius 2 is 1.24 bits per heavy atom. The second kappa shape index (κ2) is 10.5. The molecule has 0 spiro atoms. The van der Waals surface area contributed by atoms with Gasteiger partial charge in [0, 0.05) is 17.2 Å². The first-order chi connectivity index (χ1) is 16.6. The number of hydrogen-bond donors (Lipinski definition) is 0. The van der Waals surface area contributed by atoms with E-state index < -0.39 is 0 Å². The molecular weight excluding hydrogens is 428 g/mol.